The zero-order chi connectivity index (χ0) is 74.5. The molecule has 544 valence electrons. The molecule has 1 aliphatic rings. The first-order valence-corrected chi connectivity index (χ1v) is 36.3. The molecule has 10 heterocycles. The topological polar surface area (TPSA) is 298 Å². The number of ether oxygens (including phenoxy) is 4. The molecule has 3 aromatic carbocycles. The minimum absolute atomic E-state index is 0.0675. The minimum atomic E-state index is -3.60. The average molecular weight is 1440 g/mol. The van der Waals surface area contributed by atoms with Crippen LogP contribution in [0.25, 0.3) is 67.5 Å². The highest BCUT2D eigenvalue weighted by atomic mass is 32.2. The van der Waals surface area contributed by atoms with Crippen molar-refractivity contribution in [2.75, 3.05) is 53.9 Å². The molecule has 0 bridgehead atoms. The lowest BCUT2D eigenvalue weighted by Gasteiger charge is -2.34. The summed E-state index contributed by atoms with van der Waals surface area (Å²) < 4.78 is 64.0. The van der Waals surface area contributed by atoms with Gasteiger partial charge >= 0.3 is 0 Å². The van der Waals surface area contributed by atoms with Crippen LogP contribution in [0.15, 0.2) is 197 Å². The minimum Gasteiger partial charge on any atom is -0.495 e. The summed E-state index contributed by atoms with van der Waals surface area (Å²) in [6.45, 7) is 23.1. The molecule has 1 saturated heterocycles. The zero-order valence-corrected chi connectivity index (χ0v) is 62.1. The third-order valence-electron chi connectivity index (χ3n) is 19.8. The number of aliphatic hydroxyl groups is 1. The van der Waals surface area contributed by atoms with E-state index in [1.54, 1.807) is 52.3 Å². The monoisotopic (exact) mass is 1440 g/mol. The predicted molar refractivity (Wildman–Crippen MR) is 397 cm³/mol. The maximum Gasteiger partial charge on any atom is 0.264 e. The van der Waals surface area contributed by atoms with Gasteiger partial charge in [0.25, 0.3) is 21.9 Å². The Morgan fingerprint density at radius 3 is 1.07 bits per heavy atom. The van der Waals surface area contributed by atoms with Crippen LogP contribution in [-0.2, 0) is 55.0 Å². The fourth-order valence-electron chi connectivity index (χ4n) is 12.3. The Labute approximate surface area is 611 Å². The number of morpholine rings is 1. The SMILES string of the molecule is COc1cncc(-c2ccc(C(C)(c3ccc(-c4noc(CN5CCOCC5)n4)cn3)C(C)C)cc2)c1.COc1cncc(-c2ccc(C(C)(c3ccc(-c4noc(CO)n4)cn3)C(C)C)cc2)c1.COc1cncc(-c2ccc(C(C)(c3ccc(-c4noc(COS(C)(=O)=O)n4)cn3)C(C)C)cc2)c1. The Morgan fingerprint density at radius 1 is 0.438 bits per heavy atom. The quantitative estimate of drug-likeness (QED) is 0.0550. The maximum atomic E-state index is 11.2. The molecular formula is C80H87N13O11S. The second kappa shape index (κ2) is 33.3. The highest BCUT2D eigenvalue weighted by Gasteiger charge is 2.37. The number of benzene rings is 3. The Balaban J connectivity index is 0.000000158. The van der Waals surface area contributed by atoms with Crippen molar-refractivity contribution in [2.24, 2.45) is 17.8 Å². The Hall–Kier alpha value is -10.8. The molecule has 3 atom stereocenters. The van der Waals surface area contributed by atoms with Crippen molar-refractivity contribution < 1.29 is 50.2 Å². The highest BCUT2D eigenvalue weighted by molar-refractivity contribution is 7.85. The van der Waals surface area contributed by atoms with Gasteiger partial charge in [-0.15, -0.1) is 0 Å². The second-order valence-electron chi connectivity index (χ2n) is 27.0. The van der Waals surface area contributed by atoms with E-state index in [1.807, 2.05) is 73.3 Å². The summed E-state index contributed by atoms with van der Waals surface area (Å²) in [6, 6.07) is 43.4. The third kappa shape index (κ3) is 17.5. The zero-order valence-electron chi connectivity index (χ0n) is 61.3. The third-order valence-corrected chi connectivity index (χ3v) is 20.4. The number of aromatic nitrogens is 12. The molecule has 13 rings (SSSR count). The molecule has 12 aromatic rings. The summed E-state index contributed by atoms with van der Waals surface area (Å²) in [5.41, 5.74) is 13.9. The predicted octanol–water partition coefficient (Wildman–Crippen LogP) is 14.3. The molecule has 0 spiro atoms. The van der Waals surface area contributed by atoms with Crippen LogP contribution in [-0.4, -0.2) is 133 Å². The lowest BCUT2D eigenvalue weighted by Crippen LogP contribution is -2.35. The number of nitrogens with zero attached hydrogens (tertiary/aromatic N) is 13. The van der Waals surface area contributed by atoms with Crippen molar-refractivity contribution in [1.82, 2.24) is 65.2 Å². The van der Waals surface area contributed by atoms with E-state index in [-0.39, 0.29) is 47.2 Å². The van der Waals surface area contributed by atoms with Gasteiger partial charge in [-0.2, -0.15) is 23.4 Å². The van der Waals surface area contributed by atoms with Gasteiger partial charge in [-0.1, -0.05) is 130 Å². The van der Waals surface area contributed by atoms with Gasteiger partial charge in [0.15, 0.2) is 0 Å². The van der Waals surface area contributed by atoms with Crippen molar-refractivity contribution in [3.63, 3.8) is 0 Å². The Morgan fingerprint density at radius 2 is 0.762 bits per heavy atom. The van der Waals surface area contributed by atoms with E-state index in [0.29, 0.717) is 53.1 Å². The van der Waals surface area contributed by atoms with Crippen molar-refractivity contribution in [3.05, 3.63) is 235 Å². The van der Waals surface area contributed by atoms with Crippen molar-refractivity contribution in [3.8, 4) is 84.8 Å². The van der Waals surface area contributed by atoms with Gasteiger partial charge in [0.2, 0.25) is 23.4 Å². The molecule has 3 unspecified atom stereocenters. The largest absolute Gasteiger partial charge is 0.495 e. The molecule has 0 radical (unpaired) electrons. The second-order valence-corrected chi connectivity index (χ2v) is 28.6. The van der Waals surface area contributed by atoms with E-state index < -0.39 is 10.1 Å². The number of hydrogen-bond donors (Lipinski definition) is 1. The lowest BCUT2D eigenvalue weighted by molar-refractivity contribution is 0.0297. The number of aliphatic hydroxyl groups excluding tert-OH is 1. The van der Waals surface area contributed by atoms with Crippen LogP contribution in [0.5, 0.6) is 17.2 Å². The van der Waals surface area contributed by atoms with E-state index >= 15 is 0 Å². The first-order valence-electron chi connectivity index (χ1n) is 34.5. The molecule has 0 amide bonds. The Kier molecular flexibility index (Phi) is 23.9. The van der Waals surface area contributed by atoms with Crippen LogP contribution in [0.4, 0.5) is 0 Å². The van der Waals surface area contributed by atoms with Gasteiger partial charge in [0.1, 0.15) is 30.5 Å². The van der Waals surface area contributed by atoms with Crippen LogP contribution in [0, 0.1) is 17.8 Å². The van der Waals surface area contributed by atoms with Crippen molar-refractivity contribution in [1.29, 1.82) is 0 Å². The fraction of sp³-hybridized carbons (Fsp3) is 0.325. The number of rotatable bonds is 24. The van der Waals surface area contributed by atoms with Crippen LogP contribution >= 0.6 is 0 Å². The highest BCUT2D eigenvalue weighted by Crippen LogP contribution is 2.43. The van der Waals surface area contributed by atoms with Crippen LogP contribution < -0.4 is 14.2 Å². The summed E-state index contributed by atoms with van der Waals surface area (Å²) in [4.78, 5) is 42.4. The summed E-state index contributed by atoms with van der Waals surface area (Å²) >= 11 is 0. The van der Waals surface area contributed by atoms with Gasteiger partial charge in [0.05, 0.1) is 83.0 Å². The van der Waals surface area contributed by atoms with E-state index in [2.05, 4.69) is 191 Å². The summed E-state index contributed by atoms with van der Waals surface area (Å²) in [5.74, 6) is 5.21. The van der Waals surface area contributed by atoms with Crippen LogP contribution in [0.1, 0.15) is 114 Å². The van der Waals surface area contributed by atoms with E-state index in [4.69, 9.17) is 56.8 Å². The molecule has 1 fully saturated rings. The molecule has 9 aromatic heterocycles. The van der Waals surface area contributed by atoms with E-state index in [0.717, 1.165) is 111 Å². The molecule has 24 nitrogen and oxygen atoms in total. The molecule has 25 heteroatoms. The normalized spacial score (nSPS) is 14.3. The fourth-order valence-corrected chi connectivity index (χ4v) is 12.6. The smallest absolute Gasteiger partial charge is 0.264 e. The molecule has 0 saturated carbocycles. The van der Waals surface area contributed by atoms with Gasteiger partial charge in [-0.05, 0) is 127 Å². The van der Waals surface area contributed by atoms with Gasteiger partial charge in [-0.3, -0.25) is 39.0 Å². The van der Waals surface area contributed by atoms with E-state index in [9.17, 15) is 8.42 Å². The van der Waals surface area contributed by atoms with Gasteiger partial charge in [0, 0.05) is 99.9 Å². The maximum absolute atomic E-state index is 11.2. The molecule has 1 aliphatic heterocycles. The van der Waals surface area contributed by atoms with Crippen molar-refractivity contribution >= 4 is 10.1 Å². The molecule has 0 aliphatic carbocycles. The Bertz CT molecular complexity index is 4920. The average Bonchev–Trinajstić information content (AvgIpc) is 0.985. The summed E-state index contributed by atoms with van der Waals surface area (Å²) in [7, 11) is 1.31. The standard InChI is InChI=1S/C29H33N5O3.C26H28N4O5S.C25H26N4O3/c1-20(2)29(3,24-8-5-21(6-9-24)23-15-25(35-4)18-30-16-23)26-10-7-22(17-31-26)28-32-27(37-33-28)19-34-11-13-36-14-12-34;1-17(2)26(3,21-9-6-18(7-10-21)20-12-22(33-4)15-27-13-20)23-11-8-19(14-28-23)25-29-24(35-30-25)16-34-36(5,31)32;1-16(2)25(3,22-10-7-18(13-27-22)24-28-23(15-30)32-29-24)20-8-5-17(6-9-20)19-11-21(31-4)14-26-12-19/h5-10,15-18,20H,11-14,19H2,1-4H3;6-15,17H,16H2,1-5H3;5-14,16,30H,15H2,1-4H3. The molecule has 1 N–H and O–H groups in total. The first kappa shape index (κ1) is 75.3. The molecule has 105 heavy (non-hydrogen) atoms. The molecular weight excluding hydrogens is 1350 g/mol. The number of hydrogen-bond acceptors (Lipinski definition) is 24. The van der Waals surface area contributed by atoms with Crippen molar-refractivity contribution in [2.45, 2.75) is 98.3 Å². The van der Waals surface area contributed by atoms with Crippen LogP contribution in [0.3, 0.4) is 0 Å². The van der Waals surface area contributed by atoms with E-state index in [1.165, 1.54) is 11.1 Å². The number of methoxy groups -OCH3 is 3. The summed E-state index contributed by atoms with van der Waals surface area (Å²) in [6.07, 6.45) is 16.8. The first-order chi connectivity index (χ1) is 50.5. The van der Waals surface area contributed by atoms with Gasteiger partial charge < -0.3 is 37.6 Å². The van der Waals surface area contributed by atoms with Crippen LogP contribution in [0.2, 0.25) is 0 Å². The summed E-state index contributed by atoms with van der Waals surface area (Å²) in [5, 5.41) is 21.1. The number of pyridine rings is 6. The van der Waals surface area contributed by atoms with Gasteiger partial charge in [-0.25, -0.2) is 0 Å². The lowest BCUT2D eigenvalue weighted by atomic mass is 9.70.